The highest BCUT2D eigenvalue weighted by atomic mass is 79.9. The van der Waals surface area contributed by atoms with Gasteiger partial charge in [-0.2, -0.15) is 0 Å². The van der Waals surface area contributed by atoms with Crippen molar-refractivity contribution in [1.29, 1.82) is 0 Å². The Morgan fingerprint density at radius 1 is 1.22 bits per heavy atom. The molecule has 0 saturated carbocycles. The van der Waals surface area contributed by atoms with Crippen LogP contribution in [0.1, 0.15) is 24.0 Å². The SMILES string of the molecule is Cc1ccc2c(c1)CCCN2C(=O)CCn1cnc2ccc(Br)cc2c1=O. The molecule has 0 fully saturated rings. The fourth-order valence-electron chi connectivity index (χ4n) is 3.63. The Balaban J connectivity index is 1.55. The van der Waals surface area contributed by atoms with E-state index in [-0.39, 0.29) is 17.9 Å². The number of benzene rings is 2. The molecule has 138 valence electrons. The summed E-state index contributed by atoms with van der Waals surface area (Å²) in [4.78, 5) is 31.7. The van der Waals surface area contributed by atoms with E-state index < -0.39 is 0 Å². The molecule has 1 aliphatic rings. The first-order valence-electron chi connectivity index (χ1n) is 9.07. The Morgan fingerprint density at radius 3 is 2.93 bits per heavy atom. The second-order valence-electron chi connectivity index (χ2n) is 6.94. The van der Waals surface area contributed by atoms with Crippen LogP contribution < -0.4 is 10.5 Å². The maximum absolute atomic E-state index is 12.8. The normalized spacial score (nSPS) is 13.6. The number of halogens is 1. The molecule has 27 heavy (non-hydrogen) atoms. The van der Waals surface area contributed by atoms with E-state index >= 15 is 0 Å². The highest BCUT2D eigenvalue weighted by molar-refractivity contribution is 9.10. The van der Waals surface area contributed by atoms with Crippen molar-refractivity contribution < 1.29 is 4.79 Å². The predicted octanol–water partition coefficient (Wildman–Crippen LogP) is 3.84. The van der Waals surface area contributed by atoms with E-state index in [1.54, 1.807) is 6.07 Å². The van der Waals surface area contributed by atoms with Gasteiger partial charge in [-0.05, 0) is 49.6 Å². The average Bonchev–Trinajstić information content (AvgIpc) is 2.67. The molecule has 0 bridgehead atoms. The summed E-state index contributed by atoms with van der Waals surface area (Å²) in [5.41, 5.74) is 3.98. The molecule has 0 radical (unpaired) electrons. The number of carbonyl (C=O) groups excluding carboxylic acids is 1. The summed E-state index contributed by atoms with van der Waals surface area (Å²) in [6.07, 6.45) is 3.77. The van der Waals surface area contributed by atoms with Crippen LogP contribution in [0.15, 0.2) is 52.0 Å². The minimum absolute atomic E-state index is 0.0426. The number of rotatable bonds is 3. The molecule has 0 unspecified atom stereocenters. The first kappa shape index (κ1) is 17.9. The number of amides is 1. The second-order valence-corrected chi connectivity index (χ2v) is 7.85. The summed E-state index contributed by atoms with van der Waals surface area (Å²) in [7, 11) is 0. The number of hydrogen-bond donors (Lipinski definition) is 0. The van der Waals surface area contributed by atoms with Gasteiger partial charge >= 0.3 is 0 Å². The van der Waals surface area contributed by atoms with Gasteiger partial charge in [-0.1, -0.05) is 33.6 Å². The van der Waals surface area contributed by atoms with E-state index in [0.29, 0.717) is 17.4 Å². The van der Waals surface area contributed by atoms with Crippen molar-refractivity contribution in [1.82, 2.24) is 9.55 Å². The summed E-state index contributed by atoms with van der Waals surface area (Å²) in [5.74, 6) is 0.0426. The van der Waals surface area contributed by atoms with E-state index in [1.807, 2.05) is 29.2 Å². The van der Waals surface area contributed by atoms with Gasteiger partial charge in [0.25, 0.3) is 5.56 Å². The van der Waals surface area contributed by atoms with E-state index in [0.717, 1.165) is 29.5 Å². The number of aromatic nitrogens is 2. The lowest BCUT2D eigenvalue weighted by Crippen LogP contribution is -2.36. The van der Waals surface area contributed by atoms with Crippen molar-refractivity contribution in [3.63, 3.8) is 0 Å². The fourth-order valence-corrected chi connectivity index (χ4v) is 3.99. The van der Waals surface area contributed by atoms with Crippen molar-refractivity contribution >= 4 is 38.4 Å². The number of nitrogens with zero attached hydrogens (tertiary/aromatic N) is 3. The lowest BCUT2D eigenvalue weighted by Gasteiger charge is -2.30. The van der Waals surface area contributed by atoms with Crippen molar-refractivity contribution in [3.8, 4) is 0 Å². The topological polar surface area (TPSA) is 55.2 Å². The molecule has 0 N–H and O–H groups in total. The molecule has 6 heteroatoms. The third kappa shape index (κ3) is 3.54. The fraction of sp³-hybridized carbons (Fsp3) is 0.286. The van der Waals surface area contributed by atoms with Gasteiger partial charge in [0.1, 0.15) is 0 Å². The largest absolute Gasteiger partial charge is 0.312 e. The van der Waals surface area contributed by atoms with Crippen LogP contribution in [0, 0.1) is 6.92 Å². The first-order valence-corrected chi connectivity index (χ1v) is 9.87. The van der Waals surface area contributed by atoms with Crippen molar-refractivity contribution in [3.05, 3.63) is 68.7 Å². The standard InChI is InChI=1S/C21H20BrN3O2/c1-14-4-7-19-15(11-14)3-2-9-25(19)20(26)8-10-24-13-23-18-6-5-16(22)12-17(18)21(24)27/h4-7,11-13H,2-3,8-10H2,1H3. The van der Waals surface area contributed by atoms with Gasteiger partial charge in [0.15, 0.2) is 0 Å². The molecule has 2 heterocycles. The van der Waals surface area contributed by atoms with E-state index in [9.17, 15) is 9.59 Å². The van der Waals surface area contributed by atoms with E-state index in [4.69, 9.17) is 0 Å². The van der Waals surface area contributed by atoms with Crippen LogP contribution in [0.5, 0.6) is 0 Å². The molecular weight excluding hydrogens is 406 g/mol. The molecule has 0 spiro atoms. The summed E-state index contributed by atoms with van der Waals surface area (Å²) < 4.78 is 2.36. The van der Waals surface area contributed by atoms with Gasteiger partial charge < -0.3 is 4.90 Å². The number of anilines is 1. The van der Waals surface area contributed by atoms with Crippen LogP contribution in [0.3, 0.4) is 0 Å². The van der Waals surface area contributed by atoms with Crippen LogP contribution in [0.25, 0.3) is 10.9 Å². The van der Waals surface area contributed by atoms with E-state index in [2.05, 4.69) is 33.9 Å². The molecule has 3 aromatic rings. The van der Waals surface area contributed by atoms with Gasteiger partial charge in [0, 0.05) is 29.7 Å². The first-order chi connectivity index (χ1) is 13.0. The minimum atomic E-state index is -0.122. The second kappa shape index (κ2) is 7.27. The average molecular weight is 426 g/mol. The molecule has 1 amide bonds. The third-order valence-corrected chi connectivity index (χ3v) is 5.50. The maximum Gasteiger partial charge on any atom is 0.261 e. The van der Waals surface area contributed by atoms with Gasteiger partial charge in [0.2, 0.25) is 5.91 Å². The Morgan fingerprint density at radius 2 is 2.07 bits per heavy atom. The minimum Gasteiger partial charge on any atom is -0.312 e. The van der Waals surface area contributed by atoms with Crippen LogP contribution in [-0.4, -0.2) is 22.0 Å². The number of fused-ring (bicyclic) bond motifs is 2. The van der Waals surface area contributed by atoms with E-state index in [1.165, 1.54) is 22.0 Å². The van der Waals surface area contributed by atoms with Crippen LogP contribution >= 0.6 is 15.9 Å². The Labute approximate surface area is 165 Å². The molecule has 2 aromatic carbocycles. The van der Waals surface area contributed by atoms with Crippen molar-refractivity contribution in [2.24, 2.45) is 0 Å². The number of hydrogen-bond acceptors (Lipinski definition) is 3. The Hall–Kier alpha value is -2.47. The molecule has 0 saturated heterocycles. The summed E-state index contributed by atoms with van der Waals surface area (Å²) in [6, 6.07) is 11.7. The number of aryl methyl sites for hydroxylation is 3. The molecular formula is C21H20BrN3O2. The third-order valence-electron chi connectivity index (χ3n) is 5.01. The van der Waals surface area contributed by atoms with Gasteiger partial charge in [-0.25, -0.2) is 4.98 Å². The zero-order valence-electron chi connectivity index (χ0n) is 15.1. The van der Waals surface area contributed by atoms with Crippen LogP contribution in [0.2, 0.25) is 0 Å². The van der Waals surface area contributed by atoms with Crippen molar-refractivity contribution in [2.75, 3.05) is 11.4 Å². The summed E-state index contributed by atoms with van der Waals surface area (Å²) in [5, 5.41) is 0.554. The zero-order chi connectivity index (χ0) is 19.0. The van der Waals surface area contributed by atoms with Gasteiger partial charge in [-0.3, -0.25) is 14.2 Å². The molecule has 5 nitrogen and oxygen atoms in total. The summed E-state index contributed by atoms with van der Waals surface area (Å²) in [6.45, 7) is 3.12. The zero-order valence-corrected chi connectivity index (χ0v) is 16.7. The molecule has 4 rings (SSSR count). The lowest BCUT2D eigenvalue weighted by atomic mass is 9.99. The highest BCUT2D eigenvalue weighted by Gasteiger charge is 2.22. The van der Waals surface area contributed by atoms with Gasteiger partial charge in [0.05, 0.1) is 17.2 Å². The smallest absolute Gasteiger partial charge is 0.261 e. The molecule has 1 aliphatic heterocycles. The number of carbonyl (C=O) groups is 1. The highest BCUT2D eigenvalue weighted by Crippen LogP contribution is 2.28. The van der Waals surface area contributed by atoms with Gasteiger partial charge in [-0.15, -0.1) is 0 Å². The molecule has 1 aromatic heterocycles. The van der Waals surface area contributed by atoms with Crippen molar-refractivity contribution in [2.45, 2.75) is 32.7 Å². The predicted molar refractivity (Wildman–Crippen MR) is 110 cm³/mol. The van der Waals surface area contributed by atoms with Crippen LogP contribution in [-0.2, 0) is 17.8 Å². The lowest BCUT2D eigenvalue weighted by molar-refractivity contribution is -0.118. The summed E-state index contributed by atoms with van der Waals surface area (Å²) >= 11 is 3.39. The molecule has 0 aliphatic carbocycles. The molecule has 0 atom stereocenters. The quantitative estimate of drug-likeness (QED) is 0.640. The maximum atomic E-state index is 12.8. The van der Waals surface area contributed by atoms with Crippen LogP contribution in [0.4, 0.5) is 5.69 Å². The Bertz CT molecular complexity index is 1090. The monoisotopic (exact) mass is 425 g/mol. The Kier molecular flexibility index (Phi) is 4.83.